The highest BCUT2D eigenvalue weighted by Gasteiger charge is 2.30. The molecule has 2 N–H and O–H groups in total. The highest BCUT2D eigenvalue weighted by atomic mass is 16.5. The standard InChI is InChI=1S/C23H25N3O3/c1-15-6-11-21(29-2)20(12-15)26-23(28)18-9-7-17(8-10-18)22(27)25-19-5-3-4-16(13-19)14-24/h3-6,11-13,17-18H,7-10H2,1-2H3,(H,25,27)(H,26,28). The van der Waals surface area contributed by atoms with E-state index in [2.05, 4.69) is 16.7 Å². The molecule has 29 heavy (non-hydrogen) atoms. The number of hydrogen-bond donors (Lipinski definition) is 2. The number of nitrogens with one attached hydrogen (secondary N) is 2. The molecule has 2 aromatic carbocycles. The van der Waals surface area contributed by atoms with Crippen LogP contribution in [-0.4, -0.2) is 18.9 Å². The monoisotopic (exact) mass is 391 g/mol. The molecule has 0 aliphatic heterocycles. The van der Waals surface area contributed by atoms with Crippen molar-refractivity contribution in [1.82, 2.24) is 0 Å². The van der Waals surface area contributed by atoms with Crippen LogP contribution in [0.5, 0.6) is 5.75 Å². The molecule has 0 radical (unpaired) electrons. The molecule has 0 aromatic heterocycles. The van der Waals surface area contributed by atoms with Gasteiger partial charge in [0, 0.05) is 17.5 Å². The molecule has 0 saturated heterocycles. The first-order valence-corrected chi connectivity index (χ1v) is 9.76. The number of amides is 2. The lowest BCUT2D eigenvalue weighted by molar-refractivity contribution is -0.125. The molecule has 1 saturated carbocycles. The summed E-state index contributed by atoms with van der Waals surface area (Å²) in [5.74, 6) is 0.301. The smallest absolute Gasteiger partial charge is 0.227 e. The van der Waals surface area contributed by atoms with Crippen molar-refractivity contribution >= 4 is 23.2 Å². The van der Waals surface area contributed by atoms with Crippen LogP contribution in [0.3, 0.4) is 0 Å². The third kappa shape index (κ3) is 5.14. The molecule has 1 aliphatic carbocycles. The van der Waals surface area contributed by atoms with Crippen molar-refractivity contribution in [1.29, 1.82) is 5.26 Å². The molecular formula is C23H25N3O3. The maximum Gasteiger partial charge on any atom is 0.227 e. The second kappa shape index (κ2) is 9.24. The van der Waals surface area contributed by atoms with Crippen LogP contribution in [0.4, 0.5) is 11.4 Å². The third-order valence-electron chi connectivity index (χ3n) is 5.34. The minimum Gasteiger partial charge on any atom is -0.495 e. The zero-order chi connectivity index (χ0) is 20.8. The number of hydrogen-bond acceptors (Lipinski definition) is 4. The molecule has 2 aromatic rings. The Morgan fingerprint density at radius 1 is 1.00 bits per heavy atom. The SMILES string of the molecule is COc1ccc(C)cc1NC(=O)C1CCC(C(=O)Nc2cccc(C#N)c2)CC1. The Morgan fingerprint density at radius 3 is 2.28 bits per heavy atom. The van der Waals surface area contributed by atoms with Crippen molar-refractivity contribution in [3.63, 3.8) is 0 Å². The van der Waals surface area contributed by atoms with Gasteiger partial charge in [0.25, 0.3) is 0 Å². The van der Waals surface area contributed by atoms with E-state index in [9.17, 15) is 9.59 Å². The first-order chi connectivity index (χ1) is 14.0. The number of anilines is 2. The fourth-order valence-corrected chi connectivity index (χ4v) is 3.68. The summed E-state index contributed by atoms with van der Waals surface area (Å²) in [6.45, 7) is 1.96. The first kappa shape index (κ1) is 20.4. The predicted octanol–water partition coefficient (Wildman–Crippen LogP) is 4.26. The van der Waals surface area contributed by atoms with E-state index in [1.165, 1.54) is 0 Å². The summed E-state index contributed by atoms with van der Waals surface area (Å²) in [5, 5.41) is 14.8. The van der Waals surface area contributed by atoms with Crippen LogP contribution in [0.25, 0.3) is 0 Å². The number of carbonyl (C=O) groups is 2. The highest BCUT2D eigenvalue weighted by Crippen LogP contribution is 2.32. The van der Waals surface area contributed by atoms with Gasteiger partial charge in [-0.25, -0.2) is 0 Å². The average molecular weight is 391 g/mol. The van der Waals surface area contributed by atoms with Crippen molar-refractivity contribution in [2.75, 3.05) is 17.7 Å². The van der Waals surface area contributed by atoms with E-state index in [1.54, 1.807) is 31.4 Å². The normalized spacial score (nSPS) is 18.4. The van der Waals surface area contributed by atoms with E-state index in [1.807, 2.05) is 25.1 Å². The molecule has 0 atom stereocenters. The quantitative estimate of drug-likeness (QED) is 0.797. The summed E-state index contributed by atoms with van der Waals surface area (Å²) in [7, 11) is 1.58. The van der Waals surface area contributed by atoms with Gasteiger partial charge in [0.15, 0.2) is 0 Å². The van der Waals surface area contributed by atoms with Crippen molar-refractivity contribution in [3.05, 3.63) is 53.6 Å². The molecule has 0 spiro atoms. The van der Waals surface area contributed by atoms with E-state index in [0.29, 0.717) is 48.4 Å². The zero-order valence-corrected chi connectivity index (χ0v) is 16.7. The Morgan fingerprint density at radius 2 is 1.66 bits per heavy atom. The van der Waals surface area contributed by atoms with Crippen LogP contribution in [0.15, 0.2) is 42.5 Å². The van der Waals surface area contributed by atoms with E-state index in [4.69, 9.17) is 10.00 Å². The van der Waals surface area contributed by atoms with Gasteiger partial charge in [-0.1, -0.05) is 12.1 Å². The topological polar surface area (TPSA) is 91.2 Å². The number of nitrogens with zero attached hydrogens (tertiary/aromatic N) is 1. The van der Waals surface area contributed by atoms with Gasteiger partial charge >= 0.3 is 0 Å². The Labute approximate surface area is 170 Å². The van der Waals surface area contributed by atoms with Gasteiger partial charge in [-0.2, -0.15) is 5.26 Å². The van der Waals surface area contributed by atoms with E-state index in [-0.39, 0.29) is 23.7 Å². The van der Waals surface area contributed by atoms with Crippen LogP contribution >= 0.6 is 0 Å². The summed E-state index contributed by atoms with van der Waals surface area (Å²) in [5.41, 5.74) is 2.85. The van der Waals surface area contributed by atoms with Gasteiger partial charge in [0.05, 0.1) is 24.4 Å². The molecule has 1 fully saturated rings. The third-order valence-corrected chi connectivity index (χ3v) is 5.34. The fraction of sp³-hybridized carbons (Fsp3) is 0.348. The van der Waals surface area contributed by atoms with Crippen molar-refractivity contribution in [2.24, 2.45) is 11.8 Å². The summed E-state index contributed by atoms with van der Waals surface area (Å²) < 4.78 is 5.32. The lowest BCUT2D eigenvalue weighted by atomic mass is 9.81. The van der Waals surface area contributed by atoms with Gasteiger partial charge in [-0.3, -0.25) is 9.59 Å². The second-order valence-corrected chi connectivity index (χ2v) is 7.42. The number of methoxy groups -OCH3 is 1. The molecule has 150 valence electrons. The summed E-state index contributed by atoms with van der Waals surface area (Å²) in [6, 6.07) is 14.6. The van der Waals surface area contributed by atoms with Crippen LogP contribution in [0, 0.1) is 30.1 Å². The Bertz CT molecular complexity index is 941. The molecule has 0 heterocycles. The number of nitriles is 1. The minimum absolute atomic E-state index is 0.0329. The number of benzene rings is 2. The lowest BCUT2D eigenvalue weighted by Crippen LogP contribution is -2.32. The molecule has 2 amide bonds. The minimum atomic E-state index is -0.127. The molecule has 6 heteroatoms. The lowest BCUT2D eigenvalue weighted by Gasteiger charge is -2.27. The van der Waals surface area contributed by atoms with Crippen molar-refractivity contribution in [3.8, 4) is 11.8 Å². The molecular weight excluding hydrogens is 366 g/mol. The van der Waals surface area contributed by atoms with E-state index >= 15 is 0 Å². The van der Waals surface area contributed by atoms with Crippen molar-refractivity contribution in [2.45, 2.75) is 32.6 Å². The highest BCUT2D eigenvalue weighted by molar-refractivity contribution is 5.95. The largest absolute Gasteiger partial charge is 0.495 e. The summed E-state index contributed by atoms with van der Waals surface area (Å²) in [4.78, 5) is 25.2. The van der Waals surface area contributed by atoms with Crippen molar-refractivity contribution < 1.29 is 14.3 Å². The number of aryl methyl sites for hydroxylation is 1. The number of ether oxygens (including phenoxy) is 1. The number of carbonyl (C=O) groups excluding carboxylic acids is 2. The maximum atomic E-state index is 12.7. The summed E-state index contributed by atoms with van der Waals surface area (Å²) >= 11 is 0. The van der Waals surface area contributed by atoms with E-state index < -0.39 is 0 Å². The fourth-order valence-electron chi connectivity index (χ4n) is 3.68. The second-order valence-electron chi connectivity index (χ2n) is 7.42. The molecule has 0 unspecified atom stereocenters. The van der Waals surface area contributed by atoms with Crippen LogP contribution in [0.2, 0.25) is 0 Å². The maximum absolute atomic E-state index is 12.7. The number of rotatable bonds is 5. The molecule has 6 nitrogen and oxygen atoms in total. The van der Waals surface area contributed by atoms with Gasteiger partial charge in [-0.05, 0) is 68.5 Å². The van der Waals surface area contributed by atoms with Gasteiger partial charge in [0.1, 0.15) is 5.75 Å². The first-order valence-electron chi connectivity index (χ1n) is 9.76. The Balaban J connectivity index is 1.54. The Kier molecular flexibility index (Phi) is 6.50. The van der Waals surface area contributed by atoms with Gasteiger partial charge in [0.2, 0.25) is 11.8 Å². The van der Waals surface area contributed by atoms with Crippen LogP contribution in [0.1, 0.15) is 36.8 Å². The van der Waals surface area contributed by atoms with Gasteiger partial charge < -0.3 is 15.4 Å². The van der Waals surface area contributed by atoms with E-state index in [0.717, 1.165) is 5.56 Å². The zero-order valence-electron chi connectivity index (χ0n) is 16.7. The van der Waals surface area contributed by atoms with Gasteiger partial charge in [-0.15, -0.1) is 0 Å². The molecule has 0 bridgehead atoms. The predicted molar refractivity (Wildman–Crippen MR) is 112 cm³/mol. The Hall–Kier alpha value is -3.33. The van der Waals surface area contributed by atoms with Crippen LogP contribution in [-0.2, 0) is 9.59 Å². The molecule has 1 aliphatic rings. The van der Waals surface area contributed by atoms with Crippen LogP contribution < -0.4 is 15.4 Å². The average Bonchev–Trinajstić information content (AvgIpc) is 2.74. The summed E-state index contributed by atoms with van der Waals surface area (Å²) in [6.07, 6.45) is 2.65. The molecule has 3 rings (SSSR count).